The van der Waals surface area contributed by atoms with Gasteiger partial charge in [-0.25, -0.2) is 4.98 Å². The van der Waals surface area contributed by atoms with Crippen LogP contribution in [0.1, 0.15) is 33.7 Å². The molecule has 148 valence electrons. The highest BCUT2D eigenvalue weighted by Crippen LogP contribution is 2.28. The molecule has 5 rings (SSSR count). The van der Waals surface area contributed by atoms with Gasteiger partial charge in [0.25, 0.3) is 11.8 Å². The van der Waals surface area contributed by atoms with E-state index < -0.39 is 0 Å². The molecule has 3 unspecified atom stereocenters. The Morgan fingerprint density at radius 1 is 1.21 bits per heavy atom. The number of carbonyl (C=O) groups is 2. The first-order valence-electron chi connectivity index (χ1n) is 10.1. The Bertz CT molecular complexity index is 895. The number of piperazine rings is 1. The Morgan fingerprint density at radius 3 is 2.89 bits per heavy atom. The minimum Gasteiger partial charge on any atom is -0.347 e. The monoisotopic (exact) mass is 399 g/mol. The summed E-state index contributed by atoms with van der Waals surface area (Å²) in [4.78, 5) is 34.4. The lowest BCUT2D eigenvalue weighted by Gasteiger charge is -2.30. The molecule has 0 aromatic carbocycles. The van der Waals surface area contributed by atoms with Crippen molar-refractivity contribution in [2.24, 2.45) is 5.92 Å². The highest BCUT2D eigenvalue weighted by Gasteiger charge is 2.33. The van der Waals surface area contributed by atoms with Crippen molar-refractivity contribution in [3.05, 3.63) is 28.9 Å². The number of carbonyl (C=O) groups excluding carboxylic acids is 2. The van der Waals surface area contributed by atoms with Gasteiger partial charge < -0.3 is 20.4 Å². The number of amides is 2. The van der Waals surface area contributed by atoms with Crippen molar-refractivity contribution in [1.82, 2.24) is 25.4 Å². The summed E-state index contributed by atoms with van der Waals surface area (Å²) >= 11 is 1.51. The molecule has 3 atom stereocenters. The zero-order valence-electron chi connectivity index (χ0n) is 15.8. The zero-order valence-corrected chi connectivity index (χ0v) is 16.6. The molecule has 3 saturated heterocycles. The number of aromatic nitrogens is 1. The first kappa shape index (κ1) is 18.0. The lowest BCUT2D eigenvalue weighted by Crippen LogP contribution is -2.47. The SMILES string of the molecule is O=C(NC1CC2CCN(C2)C1)c1cc2c(C(=O)N3CCNCC3)csc2cn1. The second-order valence-corrected chi connectivity index (χ2v) is 8.99. The summed E-state index contributed by atoms with van der Waals surface area (Å²) in [6.45, 7) is 6.32. The molecule has 2 N–H and O–H groups in total. The van der Waals surface area contributed by atoms with E-state index in [1.807, 2.05) is 10.3 Å². The number of pyridine rings is 1. The summed E-state index contributed by atoms with van der Waals surface area (Å²) < 4.78 is 0.942. The van der Waals surface area contributed by atoms with E-state index in [0.717, 1.165) is 42.7 Å². The molecule has 0 aliphatic carbocycles. The molecule has 0 radical (unpaired) electrons. The minimum atomic E-state index is -0.138. The molecule has 2 amide bonds. The first-order chi connectivity index (χ1) is 13.7. The zero-order chi connectivity index (χ0) is 19.1. The topological polar surface area (TPSA) is 77.6 Å². The van der Waals surface area contributed by atoms with Gasteiger partial charge in [0, 0.05) is 62.3 Å². The van der Waals surface area contributed by atoms with Gasteiger partial charge in [-0.1, -0.05) is 0 Å². The molecule has 2 aromatic rings. The second kappa shape index (κ2) is 7.42. The molecule has 3 aliphatic heterocycles. The third kappa shape index (κ3) is 3.40. The van der Waals surface area contributed by atoms with Crippen molar-refractivity contribution in [3.8, 4) is 0 Å². The van der Waals surface area contributed by atoms with E-state index in [0.29, 0.717) is 30.3 Å². The quantitative estimate of drug-likeness (QED) is 0.810. The van der Waals surface area contributed by atoms with Crippen molar-refractivity contribution in [3.63, 3.8) is 0 Å². The lowest BCUT2D eigenvalue weighted by atomic mass is 9.97. The maximum atomic E-state index is 12.9. The molecular weight excluding hydrogens is 374 g/mol. The highest BCUT2D eigenvalue weighted by atomic mass is 32.1. The summed E-state index contributed by atoms with van der Waals surface area (Å²) in [5.74, 6) is 0.609. The molecule has 0 spiro atoms. The highest BCUT2D eigenvalue weighted by molar-refractivity contribution is 7.17. The molecule has 7 nitrogen and oxygen atoms in total. The maximum absolute atomic E-state index is 12.9. The van der Waals surface area contributed by atoms with Crippen LogP contribution in [0.25, 0.3) is 10.1 Å². The van der Waals surface area contributed by atoms with Crippen LogP contribution in [0.2, 0.25) is 0 Å². The smallest absolute Gasteiger partial charge is 0.270 e. The van der Waals surface area contributed by atoms with Crippen molar-refractivity contribution < 1.29 is 9.59 Å². The Kier molecular flexibility index (Phi) is 4.78. The van der Waals surface area contributed by atoms with Crippen LogP contribution in [0, 0.1) is 5.92 Å². The fourth-order valence-corrected chi connectivity index (χ4v) is 5.57. The van der Waals surface area contributed by atoms with Gasteiger partial charge in [0.1, 0.15) is 5.69 Å². The van der Waals surface area contributed by atoms with Gasteiger partial charge in [-0.2, -0.15) is 0 Å². The van der Waals surface area contributed by atoms with Crippen LogP contribution in [-0.4, -0.2) is 78.5 Å². The summed E-state index contributed by atoms with van der Waals surface area (Å²) in [6, 6.07) is 1.98. The van der Waals surface area contributed by atoms with Crippen LogP contribution in [0.4, 0.5) is 0 Å². The van der Waals surface area contributed by atoms with Crippen LogP contribution in [0.15, 0.2) is 17.6 Å². The van der Waals surface area contributed by atoms with Gasteiger partial charge >= 0.3 is 0 Å². The van der Waals surface area contributed by atoms with Crippen molar-refractivity contribution in [2.45, 2.75) is 18.9 Å². The Labute approximate surface area is 168 Å². The van der Waals surface area contributed by atoms with E-state index in [2.05, 4.69) is 20.5 Å². The number of nitrogens with one attached hydrogen (secondary N) is 2. The number of fused-ring (bicyclic) bond motifs is 3. The summed E-state index contributed by atoms with van der Waals surface area (Å²) in [5.41, 5.74) is 1.08. The van der Waals surface area contributed by atoms with Crippen LogP contribution in [0.5, 0.6) is 0 Å². The summed E-state index contributed by atoms with van der Waals surface area (Å²) in [5, 5.41) is 9.16. The predicted octanol–water partition coefficient (Wildman–Crippen LogP) is 1.17. The van der Waals surface area contributed by atoms with Gasteiger partial charge in [0.05, 0.1) is 10.3 Å². The molecule has 28 heavy (non-hydrogen) atoms. The van der Waals surface area contributed by atoms with Crippen molar-refractivity contribution in [1.29, 1.82) is 0 Å². The fraction of sp³-hybridized carbons (Fsp3) is 0.550. The van der Waals surface area contributed by atoms with Crippen LogP contribution in [-0.2, 0) is 0 Å². The summed E-state index contributed by atoms with van der Waals surface area (Å²) in [6.07, 6.45) is 4.01. The molecule has 2 aromatic heterocycles. The third-order valence-electron chi connectivity index (χ3n) is 6.13. The number of piperidine rings is 1. The number of hydrogen-bond donors (Lipinski definition) is 2. The molecular formula is C20H25N5O2S. The van der Waals surface area contributed by atoms with E-state index in [4.69, 9.17) is 0 Å². The average Bonchev–Trinajstić information content (AvgIpc) is 3.30. The molecule has 5 heterocycles. The van der Waals surface area contributed by atoms with Gasteiger partial charge in [0.15, 0.2) is 0 Å². The lowest BCUT2D eigenvalue weighted by molar-refractivity contribution is 0.0737. The van der Waals surface area contributed by atoms with Gasteiger partial charge in [-0.05, 0) is 31.4 Å². The van der Waals surface area contributed by atoms with Crippen molar-refractivity contribution >= 4 is 33.2 Å². The Morgan fingerprint density at radius 2 is 2.07 bits per heavy atom. The Balaban J connectivity index is 1.35. The summed E-state index contributed by atoms with van der Waals surface area (Å²) in [7, 11) is 0. The number of rotatable bonds is 3. The number of nitrogens with zero attached hydrogens (tertiary/aromatic N) is 3. The van der Waals surface area contributed by atoms with Crippen molar-refractivity contribution in [2.75, 3.05) is 45.8 Å². The van der Waals surface area contributed by atoms with Gasteiger partial charge in [-0.15, -0.1) is 11.3 Å². The molecule has 0 saturated carbocycles. The van der Waals surface area contributed by atoms with Crippen LogP contribution < -0.4 is 10.6 Å². The fourth-order valence-electron chi connectivity index (χ4n) is 4.68. The standard InChI is InChI=1S/C20H25N5O2S/c26-19(23-14-7-13-1-4-24(10-13)11-14)17-8-15-16(12-28-18(15)9-22-17)20(27)25-5-2-21-3-6-25/h8-9,12-14,21H,1-7,10-11H2,(H,23,26). The minimum absolute atomic E-state index is 0.0435. The largest absolute Gasteiger partial charge is 0.347 e. The van der Waals surface area contributed by atoms with Gasteiger partial charge in [-0.3, -0.25) is 9.59 Å². The Hall–Kier alpha value is -2.03. The van der Waals surface area contributed by atoms with E-state index >= 15 is 0 Å². The van der Waals surface area contributed by atoms with Crippen LogP contribution >= 0.6 is 11.3 Å². The normalized spacial score (nSPS) is 27.1. The average molecular weight is 400 g/mol. The molecule has 3 fully saturated rings. The molecule has 2 bridgehead atoms. The third-order valence-corrected chi connectivity index (χ3v) is 7.06. The number of thiophene rings is 1. The van der Waals surface area contributed by atoms with E-state index in [-0.39, 0.29) is 17.9 Å². The number of hydrogen-bond acceptors (Lipinski definition) is 6. The van der Waals surface area contributed by atoms with Crippen LogP contribution in [0.3, 0.4) is 0 Å². The maximum Gasteiger partial charge on any atom is 0.270 e. The van der Waals surface area contributed by atoms with E-state index in [1.165, 1.54) is 24.3 Å². The van der Waals surface area contributed by atoms with E-state index in [9.17, 15) is 9.59 Å². The molecule has 3 aliphatic rings. The van der Waals surface area contributed by atoms with E-state index in [1.54, 1.807) is 12.3 Å². The predicted molar refractivity (Wildman–Crippen MR) is 109 cm³/mol. The first-order valence-corrected chi connectivity index (χ1v) is 11.0. The molecule has 8 heteroatoms. The van der Waals surface area contributed by atoms with Gasteiger partial charge in [0.2, 0.25) is 0 Å². The second-order valence-electron chi connectivity index (χ2n) is 8.08.